The fourth-order valence-corrected chi connectivity index (χ4v) is 0.632. The monoisotopic (exact) mass is 218 g/mol. The van der Waals surface area contributed by atoms with Crippen LogP contribution in [-0.4, -0.2) is 43.5 Å². The number of carbonyl (C=O) groups is 1. The number of hydrogen-bond acceptors (Lipinski definition) is 3. The van der Waals surface area contributed by atoms with Gasteiger partial charge in [0.05, 0.1) is 0 Å². The zero-order chi connectivity index (χ0) is 7.98. The molecule has 4 nitrogen and oxygen atoms in total. The summed E-state index contributed by atoms with van der Waals surface area (Å²) < 4.78 is 0. The van der Waals surface area contributed by atoms with Gasteiger partial charge in [-0.3, -0.25) is 4.79 Å². The Hall–Kier alpha value is 0.0264. The zero-order valence-electron chi connectivity index (χ0n) is 5.92. The minimum absolute atomic E-state index is 0. The van der Waals surface area contributed by atoms with Crippen molar-refractivity contribution < 1.29 is 9.90 Å². The van der Waals surface area contributed by atoms with Crippen molar-refractivity contribution >= 4 is 25.8 Å². The van der Waals surface area contributed by atoms with E-state index in [0.29, 0.717) is 13.0 Å². The number of rotatable bonds is 5. The molecule has 0 unspecified atom stereocenters. The van der Waals surface area contributed by atoms with Gasteiger partial charge in [0.1, 0.15) is 6.04 Å². The van der Waals surface area contributed by atoms with Gasteiger partial charge in [-0.25, -0.2) is 0 Å². The molecule has 0 aliphatic carbocycles. The van der Waals surface area contributed by atoms with Gasteiger partial charge in [0, 0.05) is 0 Å². The van der Waals surface area contributed by atoms with E-state index in [2.05, 4.69) is 0 Å². The molecular weight excluding hydrogens is 202 g/mol. The first kappa shape index (κ1) is 13.6. The maximum absolute atomic E-state index is 10.1. The molecule has 0 saturated carbocycles. The number of aliphatic carboxylic acids is 1. The number of nitrogens with two attached hydrogens (primary N) is 2. The molecule has 0 fully saturated rings. The van der Waals surface area contributed by atoms with Crippen LogP contribution in [0.4, 0.5) is 0 Å². The quantitative estimate of drug-likeness (QED) is 0.381. The molecule has 5 N–H and O–H groups in total. The Morgan fingerprint density at radius 1 is 1.45 bits per heavy atom. The van der Waals surface area contributed by atoms with Crippen molar-refractivity contribution in [1.29, 1.82) is 0 Å². The van der Waals surface area contributed by atoms with Crippen LogP contribution in [0.15, 0.2) is 0 Å². The van der Waals surface area contributed by atoms with Crippen LogP contribution < -0.4 is 11.5 Å². The van der Waals surface area contributed by atoms with Gasteiger partial charge in [-0.2, -0.15) is 0 Å². The first-order chi connectivity index (χ1) is 4.68. The molecule has 0 spiro atoms. The van der Waals surface area contributed by atoms with Gasteiger partial charge < -0.3 is 16.6 Å². The molecule has 0 aliphatic heterocycles. The van der Waals surface area contributed by atoms with Crippen molar-refractivity contribution in [3.63, 3.8) is 0 Å². The van der Waals surface area contributed by atoms with Gasteiger partial charge in [-0.15, -0.1) is 0 Å². The molecule has 11 heavy (non-hydrogen) atoms. The summed E-state index contributed by atoms with van der Waals surface area (Å²) in [6, 6.07) is -0.716. The van der Waals surface area contributed by atoms with E-state index < -0.39 is 12.0 Å². The van der Waals surface area contributed by atoms with Crippen molar-refractivity contribution in [2.24, 2.45) is 11.5 Å². The van der Waals surface area contributed by atoms with E-state index in [9.17, 15) is 4.79 Å². The third kappa shape index (κ3) is 7.93. The van der Waals surface area contributed by atoms with Crippen LogP contribution in [-0.2, 0) is 4.79 Å². The molecule has 1 atom stereocenters. The molecule has 0 saturated heterocycles. The van der Waals surface area contributed by atoms with Gasteiger partial charge in [-0.05, 0) is 19.4 Å². The SMILES string of the molecule is NCCCC[C@H](N)C(=O)O.[GaH3]. The summed E-state index contributed by atoms with van der Waals surface area (Å²) in [5, 5.41) is 8.33. The van der Waals surface area contributed by atoms with E-state index in [-0.39, 0.29) is 19.8 Å². The summed E-state index contributed by atoms with van der Waals surface area (Å²) in [5.74, 6) is -0.933. The Morgan fingerprint density at radius 3 is 2.36 bits per heavy atom. The number of hydrogen-bond donors (Lipinski definition) is 3. The Labute approximate surface area is 79.4 Å². The summed E-state index contributed by atoms with van der Waals surface area (Å²) in [5.41, 5.74) is 10.4. The Morgan fingerprint density at radius 2 is 2.00 bits per heavy atom. The Kier molecular flexibility index (Phi) is 10.1. The molecule has 0 radical (unpaired) electrons. The van der Waals surface area contributed by atoms with Crippen LogP contribution in [0.5, 0.6) is 0 Å². The second-order valence-corrected chi connectivity index (χ2v) is 2.23. The third-order valence-corrected chi connectivity index (χ3v) is 1.29. The average molecular weight is 219 g/mol. The van der Waals surface area contributed by atoms with Crippen molar-refractivity contribution in [3.8, 4) is 0 Å². The third-order valence-electron chi connectivity index (χ3n) is 1.29. The topological polar surface area (TPSA) is 89.3 Å². The second kappa shape index (κ2) is 8.13. The number of carboxylic acids is 1. The van der Waals surface area contributed by atoms with Gasteiger partial charge in [0.25, 0.3) is 0 Å². The molecule has 0 aromatic heterocycles. The van der Waals surface area contributed by atoms with E-state index in [1.165, 1.54) is 0 Å². The summed E-state index contributed by atoms with van der Waals surface area (Å²) in [7, 11) is 0. The molecule has 0 heterocycles. The number of unbranched alkanes of at least 4 members (excludes halogenated alkanes) is 1. The molecule has 5 heteroatoms. The molecule has 66 valence electrons. The second-order valence-electron chi connectivity index (χ2n) is 2.23. The van der Waals surface area contributed by atoms with Crippen molar-refractivity contribution in [3.05, 3.63) is 0 Å². The Bertz CT molecular complexity index is 111. The summed E-state index contributed by atoms with van der Waals surface area (Å²) in [4.78, 5) is 10.1. The molecule has 0 aromatic carbocycles. The van der Waals surface area contributed by atoms with Gasteiger partial charge >= 0.3 is 25.8 Å². The van der Waals surface area contributed by atoms with E-state index >= 15 is 0 Å². The Balaban J connectivity index is 0. The van der Waals surface area contributed by atoms with Gasteiger partial charge in [0.15, 0.2) is 0 Å². The van der Waals surface area contributed by atoms with E-state index in [0.717, 1.165) is 12.8 Å². The van der Waals surface area contributed by atoms with E-state index in [1.54, 1.807) is 0 Å². The zero-order valence-corrected chi connectivity index (χ0v) is 5.92. The summed E-state index contributed by atoms with van der Waals surface area (Å²) in [6.45, 7) is 0.604. The summed E-state index contributed by atoms with van der Waals surface area (Å²) >= 11 is 0. The normalized spacial score (nSPS) is 11.8. The fourth-order valence-electron chi connectivity index (χ4n) is 0.632. The van der Waals surface area contributed by atoms with Crippen molar-refractivity contribution in [2.75, 3.05) is 6.54 Å². The van der Waals surface area contributed by atoms with Crippen LogP contribution in [0.3, 0.4) is 0 Å². The molecule has 0 amide bonds. The molecule has 0 rings (SSSR count). The molecule has 0 aromatic rings. The molecular formula is C6H17GaN2O2. The molecule has 0 bridgehead atoms. The van der Waals surface area contributed by atoms with Crippen LogP contribution >= 0.6 is 0 Å². The van der Waals surface area contributed by atoms with Crippen LogP contribution in [0, 0.1) is 0 Å². The maximum atomic E-state index is 10.1. The average Bonchev–Trinajstić information content (AvgIpc) is 1.88. The first-order valence-electron chi connectivity index (χ1n) is 3.37. The first-order valence-corrected chi connectivity index (χ1v) is 3.37. The van der Waals surface area contributed by atoms with Gasteiger partial charge in [-0.1, -0.05) is 6.42 Å². The molecule has 0 aliphatic rings. The van der Waals surface area contributed by atoms with E-state index in [4.69, 9.17) is 16.6 Å². The van der Waals surface area contributed by atoms with E-state index in [1.807, 2.05) is 0 Å². The van der Waals surface area contributed by atoms with Crippen molar-refractivity contribution in [1.82, 2.24) is 0 Å². The predicted molar refractivity (Wildman–Crippen MR) is 48.5 cm³/mol. The summed E-state index contributed by atoms with van der Waals surface area (Å²) in [6.07, 6.45) is 2.16. The number of carboxylic acid groups (broad SMARTS) is 1. The predicted octanol–water partition coefficient (Wildman–Crippen LogP) is -1.66. The minimum atomic E-state index is -0.933. The van der Waals surface area contributed by atoms with Gasteiger partial charge in [0.2, 0.25) is 0 Å². The fraction of sp³-hybridized carbons (Fsp3) is 0.833. The standard InChI is InChI=1S/C6H14N2O2.Ga.3H/c7-4-2-1-3-5(8)6(9)10;;;;/h5H,1-4,7-8H2,(H,9,10);;;;/t5-;;;;/m0..../s1. The van der Waals surface area contributed by atoms with Crippen LogP contribution in [0.2, 0.25) is 0 Å². The van der Waals surface area contributed by atoms with Crippen molar-refractivity contribution in [2.45, 2.75) is 25.3 Å². The van der Waals surface area contributed by atoms with Crippen LogP contribution in [0.25, 0.3) is 0 Å². The van der Waals surface area contributed by atoms with Crippen LogP contribution in [0.1, 0.15) is 19.3 Å².